The van der Waals surface area contributed by atoms with Crippen LogP contribution in [0.4, 0.5) is 11.4 Å². The Balaban J connectivity index is 1.77. The minimum Gasteiger partial charge on any atom is -0.321 e. The second-order valence-electron chi connectivity index (χ2n) is 5.48. The first-order valence-corrected chi connectivity index (χ1v) is 8.29. The third kappa shape index (κ3) is 4.48. The second-order valence-corrected chi connectivity index (χ2v) is 5.92. The molecule has 0 aliphatic carbocycles. The van der Waals surface area contributed by atoms with Gasteiger partial charge in [-0.15, -0.1) is 0 Å². The first-order valence-electron chi connectivity index (χ1n) is 7.91. The number of carbonyl (C=O) groups is 2. The average molecular weight is 377 g/mol. The van der Waals surface area contributed by atoms with Gasteiger partial charge >= 0.3 is 0 Å². The van der Waals surface area contributed by atoms with Gasteiger partial charge in [0.2, 0.25) is 0 Å². The summed E-state index contributed by atoms with van der Waals surface area (Å²) in [6.45, 7) is 0. The Morgan fingerprint density at radius 1 is 0.889 bits per heavy atom. The SMILES string of the molecule is N#Cc1ccccc1NC(=O)c1cccc(C(=O)Nc2cccc(Cl)c2)n1. The number of aromatic nitrogens is 1. The van der Waals surface area contributed by atoms with Gasteiger partial charge in [0, 0.05) is 10.7 Å². The van der Waals surface area contributed by atoms with E-state index in [0.29, 0.717) is 22.0 Å². The summed E-state index contributed by atoms with van der Waals surface area (Å²) in [5, 5.41) is 14.9. The molecule has 0 radical (unpaired) electrons. The highest BCUT2D eigenvalue weighted by Gasteiger charge is 2.14. The lowest BCUT2D eigenvalue weighted by atomic mass is 10.2. The van der Waals surface area contributed by atoms with Crippen molar-refractivity contribution in [3.05, 3.63) is 88.7 Å². The predicted octanol–water partition coefficient (Wildman–Crippen LogP) is 4.11. The number of amides is 2. The number of hydrogen-bond donors (Lipinski definition) is 2. The maximum atomic E-state index is 12.4. The van der Waals surface area contributed by atoms with Crippen LogP contribution in [0.5, 0.6) is 0 Å². The zero-order chi connectivity index (χ0) is 19.2. The molecule has 1 heterocycles. The molecule has 1 aromatic heterocycles. The lowest BCUT2D eigenvalue weighted by molar-refractivity contribution is 0.101. The van der Waals surface area contributed by atoms with E-state index in [1.165, 1.54) is 12.1 Å². The van der Waals surface area contributed by atoms with E-state index in [1.807, 2.05) is 6.07 Å². The minimum atomic E-state index is -0.518. The van der Waals surface area contributed by atoms with Crippen molar-refractivity contribution in [3.63, 3.8) is 0 Å². The normalized spacial score (nSPS) is 9.93. The number of carbonyl (C=O) groups excluding carboxylic acids is 2. The molecule has 0 unspecified atom stereocenters. The van der Waals surface area contributed by atoms with E-state index in [-0.39, 0.29) is 11.4 Å². The lowest BCUT2D eigenvalue weighted by Gasteiger charge is -2.08. The number of rotatable bonds is 4. The highest BCUT2D eigenvalue weighted by atomic mass is 35.5. The Hall–Kier alpha value is -3.69. The maximum Gasteiger partial charge on any atom is 0.274 e. The van der Waals surface area contributed by atoms with Gasteiger partial charge in [0.1, 0.15) is 17.5 Å². The molecule has 7 heteroatoms. The van der Waals surface area contributed by atoms with Crippen LogP contribution in [0.1, 0.15) is 26.5 Å². The van der Waals surface area contributed by atoms with E-state index < -0.39 is 11.8 Å². The number of nitrogens with zero attached hydrogens (tertiary/aromatic N) is 2. The number of anilines is 2. The van der Waals surface area contributed by atoms with Crippen molar-refractivity contribution in [2.45, 2.75) is 0 Å². The van der Waals surface area contributed by atoms with Gasteiger partial charge < -0.3 is 10.6 Å². The van der Waals surface area contributed by atoms with E-state index in [0.717, 1.165) is 0 Å². The van der Waals surface area contributed by atoms with E-state index >= 15 is 0 Å². The van der Waals surface area contributed by atoms with Gasteiger partial charge in [0.15, 0.2) is 0 Å². The number of para-hydroxylation sites is 1. The fourth-order valence-electron chi connectivity index (χ4n) is 2.32. The topological polar surface area (TPSA) is 94.9 Å². The van der Waals surface area contributed by atoms with Gasteiger partial charge in [-0.1, -0.05) is 35.9 Å². The number of benzene rings is 2. The van der Waals surface area contributed by atoms with Crippen LogP contribution in [0, 0.1) is 11.3 Å². The monoisotopic (exact) mass is 376 g/mol. The fraction of sp³-hybridized carbons (Fsp3) is 0. The van der Waals surface area contributed by atoms with Crippen molar-refractivity contribution >= 4 is 34.8 Å². The van der Waals surface area contributed by atoms with Crippen LogP contribution < -0.4 is 10.6 Å². The first kappa shape index (κ1) is 18.1. The fourth-order valence-corrected chi connectivity index (χ4v) is 2.52. The Kier molecular flexibility index (Phi) is 5.45. The Morgan fingerprint density at radius 2 is 1.56 bits per heavy atom. The molecule has 3 rings (SSSR count). The largest absolute Gasteiger partial charge is 0.321 e. The molecule has 6 nitrogen and oxygen atoms in total. The molecule has 0 fully saturated rings. The smallest absolute Gasteiger partial charge is 0.274 e. The molecule has 132 valence electrons. The lowest BCUT2D eigenvalue weighted by Crippen LogP contribution is -2.18. The summed E-state index contributed by atoms with van der Waals surface area (Å²) < 4.78 is 0. The molecule has 2 amide bonds. The summed E-state index contributed by atoms with van der Waals surface area (Å²) >= 11 is 5.90. The molecule has 27 heavy (non-hydrogen) atoms. The van der Waals surface area contributed by atoms with Crippen molar-refractivity contribution in [2.24, 2.45) is 0 Å². The van der Waals surface area contributed by atoms with E-state index in [9.17, 15) is 9.59 Å². The first-order chi connectivity index (χ1) is 13.1. The van der Waals surface area contributed by atoms with Gasteiger partial charge in [-0.3, -0.25) is 9.59 Å². The van der Waals surface area contributed by atoms with Crippen molar-refractivity contribution in [1.29, 1.82) is 5.26 Å². The predicted molar refractivity (Wildman–Crippen MR) is 103 cm³/mol. The third-order valence-electron chi connectivity index (χ3n) is 3.59. The highest BCUT2D eigenvalue weighted by Crippen LogP contribution is 2.17. The maximum absolute atomic E-state index is 12.4. The number of nitrogens with one attached hydrogen (secondary N) is 2. The molecule has 0 saturated carbocycles. The number of halogens is 1. The molecule has 0 aliphatic rings. The molecular weight excluding hydrogens is 364 g/mol. The van der Waals surface area contributed by atoms with Crippen LogP contribution in [0.15, 0.2) is 66.7 Å². The molecule has 3 aromatic rings. The zero-order valence-corrected chi connectivity index (χ0v) is 14.7. The summed E-state index contributed by atoms with van der Waals surface area (Å²) in [5.41, 5.74) is 1.37. The second kappa shape index (κ2) is 8.13. The van der Waals surface area contributed by atoms with Crippen molar-refractivity contribution in [1.82, 2.24) is 4.98 Å². The number of pyridine rings is 1. The molecular formula is C20H13ClN4O2. The molecule has 0 saturated heterocycles. The molecule has 2 aromatic carbocycles. The van der Waals surface area contributed by atoms with Crippen LogP contribution >= 0.6 is 11.6 Å². The summed E-state index contributed by atoms with van der Waals surface area (Å²) in [7, 11) is 0. The van der Waals surface area contributed by atoms with Crippen LogP contribution in [0.25, 0.3) is 0 Å². The van der Waals surface area contributed by atoms with E-state index in [4.69, 9.17) is 16.9 Å². The van der Waals surface area contributed by atoms with Crippen LogP contribution in [-0.4, -0.2) is 16.8 Å². The minimum absolute atomic E-state index is 0.0569. The van der Waals surface area contributed by atoms with Gasteiger partial charge in [-0.25, -0.2) is 4.98 Å². The quantitative estimate of drug-likeness (QED) is 0.716. The van der Waals surface area contributed by atoms with Gasteiger partial charge in [-0.2, -0.15) is 5.26 Å². The van der Waals surface area contributed by atoms with E-state index in [2.05, 4.69) is 15.6 Å². The molecule has 0 spiro atoms. The third-order valence-corrected chi connectivity index (χ3v) is 3.83. The van der Waals surface area contributed by atoms with Crippen LogP contribution in [0.3, 0.4) is 0 Å². The standard InChI is InChI=1S/C20H13ClN4O2/c21-14-6-3-7-15(11-14)23-19(26)17-9-4-10-18(24-17)20(27)25-16-8-2-1-5-13(16)12-22/h1-11H,(H,23,26)(H,25,27). The number of nitriles is 1. The molecule has 2 N–H and O–H groups in total. The van der Waals surface area contributed by atoms with Gasteiger partial charge in [0.25, 0.3) is 11.8 Å². The summed E-state index contributed by atoms with van der Waals surface area (Å²) in [4.78, 5) is 28.9. The van der Waals surface area contributed by atoms with E-state index in [1.54, 1.807) is 54.6 Å². The Morgan fingerprint density at radius 3 is 2.26 bits per heavy atom. The highest BCUT2D eigenvalue weighted by molar-refractivity contribution is 6.31. The summed E-state index contributed by atoms with van der Waals surface area (Å²) in [6.07, 6.45) is 0. The zero-order valence-electron chi connectivity index (χ0n) is 13.9. The van der Waals surface area contributed by atoms with Crippen LogP contribution in [0.2, 0.25) is 5.02 Å². The molecule has 0 bridgehead atoms. The molecule has 0 aliphatic heterocycles. The van der Waals surface area contributed by atoms with Crippen molar-refractivity contribution in [2.75, 3.05) is 10.6 Å². The number of hydrogen-bond acceptors (Lipinski definition) is 4. The van der Waals surface area contributed by atoms with Crippen molar-refractivity contribution < 1.29 is 9.59 Å². The summed E-state index contributed by atoms with van der Waals surface area (Å²) in [6, 6.07) is 19.9. The Labute approximate surface area is 160 Å². The van der Waals surface area contributed by atoms with Gasteiger partial charge in [-0.05, 0) is 42.5 Å². The summed E-state index contributed by atoms with van der Waals surface area (Å²) in [5.74, 6) is -0.987. The Bertz CT molecular complexity index is 1060. The van der Waals surface area contributed by atoms with Crippen molar-refractivity contribution in [3.8, 4) is 6.07 Å². The van der Waals surface area contributed by atoms with Crippen LogP contribution in [-0.2, 0) is 0 Å². The molecule has 0 atom stereocenters. The average Bonchev–Trinajstić information content (AvgIpc) is 2.68. The van der Waals surface area contributed by atoms with Gasteiger partial charge in [0.05, 0.1) is 11.3 Å².